The minimum atomic E-state index is -0.374. The van der Waals surface area contributed by atoms with Gasteiger partial charge in [-0.1, -0.05) is 51.7 Å². The predicted molar refractivity (Wildman–Crippen MR) is 86.4 cm³/mol. The van der Waals surface area contributed by atoms with Crippen molar-refractivity contribution in [3.8, 4) is 0 Å². The zero-order chi connectivity index (χ0) is 16.2. The van der Waals surface area contributed by atoms with Crippen molar-refractivity contribution in [3.63, 3.8) is 0 Å². The lowest BCUT2D eigenvalue weighted by molar-refractivity contribution is -0.142. The molecule has 0 saturated carbocycles. The van der Waals surface area contributed by atoms with Gasteiger partial charge in [0.15, 0.2) is 0 Å². The van der Waals surface area contributed by atoms with Crippen LogP contribution in [-0.2, 0) is 19.1 Å². The van der Waals surface area contributed by atoms with Gasteiger partial charge in [0.05, 0.1) is 24.4 Å². The molecule has 0 unspecified atom stereocenters. The van der Waals surface area contributed by atoms with Crippen LogP contribution in [0.2, 0.25) is 0 Å². The predicted octanol–water partition coefficient (Wildman–Crippen LogP) is 4.10. The zero-order valence-electron chi connectivity index (χ0n) is 13.9. The Kier molecular flexibility index (Phi) is 9.28. The minimum absolute atomic E-state index is 0.374. The first-order valence-corrected chi connectivity index (χ1v) is 8.41. The summed E-state index contributed by atoms with van der Waals surface area (Å²) in [5, 5.41) is 0. The van der Waals surface area contributed by atoms with Crippen LogP contribution in [0, 0.1) is 0 Å². The molecule has 124 valence electrons. The van der Waals surface area contributed by atoms with Gasteiger partial charge in [-0.3, -0.25) is 0 Å². The number of carbonyl (C=O) groups is 2. The Morgan fingerprint density at radius 2 is 1.23 bits per heavy atom. The van der Waals surface area contributed by atoms with Crippen molar-refractivity contribution in [2.24, 2.45) is 0 Å². The van der Waals surface area contributed by atoms with Gasteiger partial charge in [0.1, 0.15) is 0 Å². The number of allylic oxidation sites excluding steroid dienone is 2. The number of unbranched alkanes of at least 4 members (excludes halogenated alkanes) is 4. The molecular formula is C18H28O4. The van der Waals surface area contributed by atoms with Crippen LogP contribution < -0.4 is 0 Å². The maximum absolute atomic E-state index is 12.1. The van der Waals surface area contributed by atoms with Crippen molar-refractivity contribution in [2.75, 3.05) is 13.2 Å². The van der Waals surface area contributed by atoms with Gasteiger partial charge in [-0.2, -0.15) is 0 Å². The Hall–Kier alpha value is -1.58. The standard InChI is InChI=1S/C18H28O4/c1-3-5-9-13-21-17(19)15-11-7-8-12-16(15)18(20)22-14-10-6-4-2/h7-8H,3-6,9-14H2,1-2H3. The molecule has 0 aromatic heterocycles. The summed E-state index contributed by atoms with van der Waals surface area (Å²) in [6.45, 7) is 5.03. The van der Waals surface area contributed by atoms with E-state index in [4.69, 9.17) is 9.47 Å². The van der Waals surface area contributed by atoms with Gasteiger partial charge in [0, 0.05) is 0 Å². The van der Waals surface area contributed by atoms with Crippen LogP contribution in [0.4, 0.5) is 0 Å². The van der Waals surface area contributed by atoms with Gasteiger partial charge in [-0.15, -0.1) is 0 Å². The summed E-state index contributed by atoms with van der Waals surface area (Å²) in [7, 11) is 0. The van der Waals surface area contributed by atoms with Gasteiger partial charge in [-0.25, -0.2) is 9.59 Å². The third-order valence-electron chi connectivity index (χ3n) is 3.63. The van der Waals surface area contributed by atoms with E-state index in [9.17, 15) is 9.59 Å². The molecule has 0 radical (unpaired) electrons. The second-order valence-corrected chi connectivity index (χ2v) is 5.52. The average Bonchev–Trinajstić information content (AvgIpc) is 2.55. The second kappa shape index (κ2) is 11.0. The summed E-state index contributed by atoms with van der Waals surface area (Å²) >= 11 is 0. The first kappa shape index (κ1) is 18.5. The number of carbonyl (C=O) groups excluding carboxylic acids is 2. The molecule has 0 bridgehead atoms. The third-order valence-corrected chi connectivity index (χ3v) is 3.63. The van der Waals surface area contributed by atoms with Crippen LogP contribution in [0.1, 0.15) is 65.2 Å². The highest BCUT2D eigenvalue weighted by Gasteiger charge is 2.23. The van der Waals surface area contributed by atoms with E-state index in [1.54, 1.807) is 0 Å². The van der Waals surface area contributed by atoms with Gasteiger partial charge in [0.25, 0.3) is 0 Å². The van der Waals surface area contributed by atoms with Crippen molar-refractivity contribution in [1.82, 2.24) is 0 Å². The molecule has 0 N–H and O–H groups in total. The smallest absolute Gasteiger partial charge is 0.334 e. The largest absolute Gasteiger partial charge is 0.462 e. The molecule has 1 rings (SSSR count). The molecule has 4 heteroatoms. The van der Waals surface area contributed by atoms with E-state index < -0.39 is 0 Å². The van der Waals surface area contributed by atoms with Gasteiger partial charge in [-0.05, 0) is 25.7 Å². The van der Waals surface area contributed by atoms with E-state index in [1.165, 1.54) is 0 Å². The van der Waals surface area contributed by atoms with Gasteiger partial charge in [0.2, 0.25) is 0 Å². The summed E-state index contributed by atoms with van der Waals surface area (Å²) < 4.78 is 10.5. The summed E-state index contributed by atoms with van der Waals surface area (Å²) in [5.74, 6) is -0.748. The Labute approximate surface area is 133 Å². The fourth-order valence-corrected chi connectivity index (χ4v) is 2.27. The van der Waals surface area contributed by atoms with E-state index in [2.05, 4.69) is 13.8 Å². The van der Waals surface area contributed by atoms with Crippen molar-refractivity contribution in [3.05, 3.63) is 23.3 Å². The first-order chi connectivity index (χ1) is 10.7. The van der Waals surface area contributed by atoms with E-state index in [0.29, 0.717) is 37.2 Å². The zero-order valence-corrected chi connectivity index (χ0v) is 13.9. The van der Waals surface area contributed by atoms with Crippen LogP contribution in [-0.4, -0.2) is 25.2 Å². The first-order valence-electron chi connectivity index (χ1n) is 8.41. The van der Waals surface area contributed by atoms with E-state index in [-0.39, 0.29) is 11.9 Å². The Morgan fingerprint density at radius 1 is 0.818 bits per heavy atom. The summed E-state index contributed by atoms with van der Waals surface area (Å²) in [6.07, 6.45) is 10.7. The molecule has 0 saturated heterocycles. The van der Waals surface area contributed by atoms with Gasteiger partial charge < -0.3 is 9.47 Å². The number of hydrogen-bond donors (Lipinski definition) is 0. The molecule has 0 aromatic rings. The molecule has 0 atom stereocenters. The second-order valence-electron chi connectivity index (χ2n) is 5.52. The molecule has 22 heavy (non-hydrogen) atoms. The van der Waals surface area contributed by atoms with Gasteiger partial charge >= 0.3 is 11.9 Å². The van der Waals surface area contributed by atoms with Crippen LogP contribution in [0.5, 0.6) is 0 Å². The molecule has 1 aliphatic carbocycles. The van der Waals surface area contributed by atoms with Crippen LogP contribution >= 0.6 is 0 Å². The topological polar surface area (TPSA) is 52.6 Å². The van der Waals surface area contributed by atoms with Crippen molar-refractivity contribution in [2.45, 2.75) is 65.2 Å². The summed E-state index contributed by atoms with van der Waals surface area (Å²) in [6, 6.07) is 0. The Bertz CT molecular complexity index is 383. The van der Waals surface area contributed by atoms with E-state index in [0.717, 1.165) is 38.5 Å². The highest BCUT2D eigenvalue weighted by atomic mass is 16.5. The van der Waals surface area contributed by atoms with Crippen molar-refractivity contribution < 1.29 is 19.1 Å². The van der Waals surface area contributed by atoms with Crippen molar-refractivity contribution in [1.29, 1.82) is 0 Å². The molecule has 0 aromatic carbocycles. The summed E-state index contributed by atoms with van der Waals surface area (Å²) in [5.41, 5.74) is 0.916. The average molecular weight is 308 g/mol. The lowest BCUT2D eigenvalue weighted by Crippen LogP contribution is -2.18. The van der Waals surface area contributed by atoms with Crippen LogP contribution in [0.25, 0.3) is 0 Å². The highest BCUT2D eigenvalue weighted by Crippen LogP contribution is 2.22. The Morgan fingerprint density at radius 3 is 1.59 bits per heavy atom. The number of rotatable bonds is 10. The molecular weight excluding hydrogens is 280 g/mol. The monoisotopic (exact) mass is 308 g/mol. The fourth-order valence-electron chi connectivity index (χ4n) is 2.27. The molecule has 0 amide bonds. The van der Waals surface area contributed by atoms with Crippen molar-refractivity contribution >= 4 is 11.9 Å². The van der Waals surface area contributed by atoms with Crippen LogP contribution in [0.3, 0.4) is 0 Å². The fraction of sp³-hybridized carbons (Fsp3) is 0.667. The maximum atomic E-state index is 12.1. The highest BCUT2D eigenvalue weighted by molar-refractivity contribution is 6.01. The quantitative estimate of drug-likeness (QED) is 0.346. The van der Waals surface area contributed by atoms with E-state index in [1.807, 2.05) is 12.2 Å². The Balaban J connectivity index is 2.55. The molecule has 1 aliphatic rings. The number of hydrogen-bond acceptors (Lipinski definition) is 4. The molecule has 0 spiro atoms. The lowest BCUT2D eigenvalue weighted by atomic mass is 9.97. The maximum Gasteiger partial charge on any atom is 0.334 e. The minimum Gasteiger partial charge on any atom is -0.462 e. The SMILES string of the molecule is CCCCCOC(=O)C1=C(C(=O)OCCCCC)CC=CC1. The summed E-state index contributed by atoms with van der Waals surface area (Å²) in [4.78, 5) is 24.3. The normalized spacial score (nSPS) is 14.1. The van der Waals surface area contributed by atoms with Crippen LogP contribution in [0.15, 0.2) is 23.3 Å². The third kappa shape index (κ3) is 6.46. The molecule has 4 nitrogen and oxygen atoms in total. The number of esters is 2. The lowest BCUT2D eigenvalue weighted by Gasteiger charge is -2.15. The number of ether oxygens (including phenoxy) is 2. The molecule has 0 fully saturated rings. The molecule has 0 heterocycles. The van der Waals surface area contributed by atoms with E-state index >= 15 is 0 Å². The molecule has 0 aliphatic heterocycles.